The van der Waals surface area contributed by atoms with Crippen LogP contribution in [0.5, 0.6) is 0 Å². The van der Waals surface area contributed by atoms with Gasteiger partial charge in [-0.05, 0) is 26.2 Å². The van der Waals surface area contributed by atoms with Crippen LogP contribution in [-0.4, -0.2) is 88.3 Å². The highest BCUT2D eigenvalue weighted by Crippen LogP contribution is 2.03. The number of aliphatic hydroxyl groups is 1. The lowest BCUT2D eigenvalue weighted by Crippen LogP contribution is -2.59. The summed E-state index contributed by atoms with van der Waals surface area (Å²) < 4.78 is 0. The maximum Gasteiger partial charge on any atom is 0.322 e. The Labute approximate surface area is 183 Å². The number of nitrogens with two attached hydrogens (primary N) is 3. The number of rotatable bonds is 15. The summed E-state index contributed by atoms with van der Waals surface area (Å²) in [5.41, 5.74) is 16.1. The molecular formula is C17H31N7O8. The van der Waals surface area contributed by atoms with Crippen molar-refractivity contribution in [2.24, 2.45) is 22.2 Å². The summed E-state index contributed by atoms with van der Waals surface area (Å²) in [6, 6.07) is -3.96. The number of amides is 3. The number of aliphatic carboxylic acids is 2. The summed E-state index contributed by atoms with van der Waals surface area (Å²) in [6.45, 7) is 0.704. The van der Waals surface area contributed by atoms with Crippen molar-refractivity contribution >= 4 is 35.6 Å². The van der Waals surface area contributed by atoms with E-state index in [4.69, 9.17) is 27.4 Å². The van der Waals surface area contributed by atoms with E-state index in [1.165, 1.54) is 6.92 Å². The second kappa shape index (κ2) is 14.5. The lowest BCUT2D eigenvalue weighted by Gasteiger charge is -2.25. The molecule has 0 radical (unpaired) electrons. The van der Waals surface area contributed by atoms with Gasteiger partial charge in [0.2, 0.25) is 17.7 Å². The summed E-state index contributed by atoms with van der Waals surface area (Å²) in [7, 11) is 0. The SMILES string of the molecule is CC(O)C(NC(=O)C(N)CCCN=C(N)N)C(=O)NC(CCC(=O)O)C(=O)NCC(=O)O. The predicted molar refractivity (Wildman–Crippen MR) is 111 cm³/mol. The Kier molecular flexibility index (Phi) is 13.0. The molecule has 32 heavy (non-hydrogen) atoms. The minimum absolute atomic E-state index is 0.112. The van der Waals surface area contributed by atoms with Gasteiger partial charge in [-0.15, -0.1) is 0 Å². The Balaban J connectivity index is 5.10. The van der Waals surface area contributed by atoms with Crippen LogP contribution in [-0.2, 0) is 24.0 Å². The quantitative estimate of drug-likeness (QED) is 0.0640. The third-order valence-corrected chi connectivity index (χ3v) is 4.06. The molecule has 15 nitrogen and oxygen atoms in total. The van der Waals surface area contributed by atoms with Crippen LogP contribution in [0.3, 0.4) is 0 Å². The third-order valence-electron chi connectivity index (χ3n) is 4.06. The number of aliphatic imine (C=N–C) groups is 1. The topological polar surface area (TPSA) is 273 Å². The molecule has 3 amide bonds. The Morgan fingerprint density at radius 2 is 1.56 bits per heavy atom. The fourth-order valence-electron chi connectivity index (χ4n) is 2.40. The van der Waals surface area contributed by atoms with Crippen LogP contribution >= 0.6 is 0 Å². The molecular weight excluding hydrogens is 430 g/mol. The molecule has 0 fully saturated rings. The first-order valence-corrected chi connectivity index (χ1v) is 9.66. The van der Waals surface area contributed by atoms with Crippen LogP contribution in [0.1, 0.15) is 32.6 Å². The molecule has 0 bridgehead atoms. The predicted octanol–water partition coefficient (Wildman–Crippen LogP) is -4.22. The first kappa shape index (κ1) is 28.5. The number of carbonyl (C=O) groups excluding carboxylic acids is 3. The third kappa shape index (κ3) is 12.3. The summed E-state index contributed by atoms with van der Waals surface area (Å²) in [5.74, 6) is -5.38. The van der Waals surface area contributed by atoms with Gasteiger partial charge < -0.3 is 48.5 Å². The fourth-order valence-corrected chi connectivity index (χ4v) is 2.40. The molecule has 0 aromatic carbocycles. The van der Waals surface area contributed by atoms with E-state index >= 15 is 0 Å². The van der Waals surface area contributed by atoms with Gasteiger partial charge >= 0.3 is 11.9 Å². The van der Waals surface area contributed by atoms with Gasteiger partial charge in [0.1, 0.15) is 18.6 Å². The number of hydrogen-bond donors (Lipinski definition) is 9. The second-order valence-corrected chi connectivity index (χ2v) is 6.89. The number of carboxylic acid groups (broad SMARTS) is 2. The zero-order valence-electron chi connectivity index (χ0n) is 17.6. The van der Waals surface area contributed by atoms with Crippen molar-refractivity contribution in [3.63, 3.8) is 0 Å². The van der Waals surface area contributed by atoms with Crippen LogP contribution in [0.25, 0.3) is 0 Å². The minimum Gasteiger partial charge on any atom is -0.481 e. The maximum atomic E-state index is 12.6. The highest BCUT2D eigenvalue weighted by Gasteiger charge is 2.31. The van der Waals surface area contributed by atoms with Gasteiger partial charge in [0, 0.05) is 13.0 Å². The van der Waals surface area contributed by atoms with Gasteiger partial charge in [0.05, 0.1) is 12.1 Å². The van der Waals surface area contributed by atoms with E-state index in [9.17, 15) is 29.1 Å². The fraction of sp³-hybridized carbons (Fsp3) is 0.647. The molecule has 0 heterocycles. The lowest BCUT2D eigenvalue weighted by atomic mass is 10.1. The van der Waals surface area contributed by atoms with E-state index < -0.39 is 66.9 Å². The van der Waals surface area contributed by atoms with E-state index in [1.807, 2.05) is 5.32 Å². The van der Waals surface area contributed by atoms with Crippen molar-refractivity contribution in [1.29, 1.82) is 0 Å². The summed E-state index contributed by atoms with van der Waals surface area (Å²) >= 11 is 0. The summed E-state index contributed by atoms with van der Waals surface area (Å²) in [6.07, 6.45) is -1.70. The van der Waals surface area contributed by atoms with Crippen molar-refractivity contribution in [2.45, 2.75) is 56.8 Å². The number of nitrogens with one attached hydrogen (secondary N) is 3. The second-order valence-electron chi connectivity index (χ2n) is 6.89. The van der Waals surface area contributed by atoms with Crippen LogP contribution in [0.4, 0.5) is 0 Å². The number of carboxylic acids is 2. The van der Waals surface area contributed by atoms with Crippen molar-refractivity contribution in [3.05, 3.63) is 0 Å². The molecule has 0 spiro atoms. The smallest absolute Gasteiger partial charge is 0.322 e. The monoisotopic (exact) mass is 461 g/mol. The van der Waals surface area contributed by atoms with Gasteiger partial charge in [0.25, 0.3) is 0 Å². The van der Waals surface area contributed by atoms with E-state index in [0.29, 0.717) is 6.42 Å². The first-order valence-electron chi connectivity index (χ1n) is 9.66. The molecule has 12 N–H and O–H groups in total. The number of guanidine groups is 1. The molecule has 0 saturated carbocycles. The highest BCUT2D eigenvalue weighted by molar-refractivity contribution is 5.94. The summed E-state index contributed by atoms with van der Waals surface area (Å²) in [5, 5.41) is 33.9. The minimum atomic E-state index is -1.51. The molecule has 0 saturated heterocycles. The molecule has 182 valence electrons. The van der Waals surface area contributed by atoms with Crippen LogP contribution in [0.2, 0.25) is 0 Å². The van der Waals surface area contributed by atoms with Crippen molar-refractivity contribution in [2.75, 3.05) is 13.1 Å². The van der Waals surface area contributed by atoms with E-state index in [2.05, 4.69) is 15.6 Å². The lowest BCUT2D eigenvalue weighted by molar-refractivity contribution is -0.140. The van der Waals surface area contributed by atoms with E-state index in [-0.39, 0.29) is 25.3 Å². The van der Waals surface area contributed by atoms with Crippen molar-refractivity contribution in [1.82, 2.24) is 16.0 Å². The largest absolute Gasteiger partial charge is 0.481 e. The first-order chi connectivity index (χ1) is 14.8. The molecule has 15 heteroatoms. The molecule has 0 aliphatic heterocycles. The highest BCUT2D eigenvalue weighted by atomic mass is 16.4. The molecule has 4 atom stereocenters. The molecule has 4 unspecified atom stereocenters. The van der Waals surface area contributed by atoms with E-state index in [1.54, 1.807) is 0 Å². The number of carbonyl (C=O) groups is 5. The van der Waals surface area contributed by atoms with Gasteiger partial charge in [-0.3, -0.25) is 29.0 Å². The van der Waals surface area contributed by atoms with Gasteiger partial charge in [0.15, 0.2) is 5.96 Å². The normalized spacial score (nSPS) is 14.2. The molecule has 0 aromatic heterocycles. The number of aliphatic hydroxyl groups excluding tert-OH is 1. The van der Waals surface area contributed by atoms with Crippen LogP contribution in [0.15, 0.2) is 4.99 Å². The molecule has 0 aliphatic rings. The zero-order valence-corrected chi connectivity index (χ0v) is 17.6. The Bertz CT molecular complexity index is 709. The summed E-state index contributed by atoms with van der Waals surface area (Å²) in [4.78, 5) is 62.1. The molecule has 0 aromatic rings. The standard InChI is InChI=1S/C17H31N7O8/c1-8(25)13(24-14(30)9(18)3-2-6-21-17(19)20)16(32)23-10(4-5-11(26)27)15(31)22-7-12(28)29/h8-10,13,25H,2-7,18H2,1H3,(H,22,31)(H,23,32)(H,24,30)(H,26,27)(H,28,29)(H4,19,20,21). The Hall–Kier alpha value is -3.46. The zero-order chi connectivity index (χ0) is 24.8. The van der Waals surface area contributed by atoms with Gasteiger partial charge in [-0.2, -0.15) is 0 Å². The van der Waals surface area contributed by atoms with Crippen molar-refractivity contribution < 1.29 is 39.3 Å². The maximum absolute atomic E-state index is 12.6. The van der Waals surface area contributed by atoms with E-state index in [0.717, 1.165) is 0 Å². The van der Waals surface area contributed by atoms with Crippen molar-refractivity contribution in [3.8, 4) is 0 Å². The number of nitrogens with zero attached hydrogens (tertiary/aromatic N) is 1. The van der Waals surface area contributed by atoms with Crippen LogP contribution < -0.4 is 33.2 Å². The molecule has 0 rings (SSSR count). The number of hydrogen-bond acceptors (Lipinski definition) is 8. The Morgan fingerprint density at radius 1 is 0.938 bits per heavy atom. The van der Waals surface area contributed by atoms with Crippen LogP contribution in [0, 0.1) is 0 Å². The average Bonchev–Trinajstić information content (AvgIpc) is 2.69. The Morgan fingerprint density at radius 3 is 2.06 bits per heavy atom. The van der Waals surface area contributed by atoms with Gasteiger partial charge in [-0.1, -0.05) is 0 Å². The average molecular weight is 461 g/mol. The molecule has 0 aliphatic carbocycles. The van der Waals surface area contributed by atoms with Gasteiger partial charge in [-0.25, -0.2) is 0 Å².